The lowest BCUT2D eigenvalue weighted by atomic mass is 10.1. The van der Waals surface area contributed by atoms with Gasteiger partial charge in [-0.2, -0.15) is 0 Å². The Labute approximate surface area is 198 Å². The first-order valence-electron chi connectivity index (χ1n) is 10.6. The van der Waals surface area contributed by atoms with E-state index in [0.29, 0.717) is 24.7 Å². The van der Waals surface area contributed by atoms with Gasteiger partial charge in [-0.15, -0.1) is 0 Å². The molecule has 0 aromatic heterocycles. The van der Waals surface area contributed by atoms with Crippen molar-refractivity contribution in [2.24, 2.45) is 5.92 Å². The fraction of sp³-hybridized carbons (Fsp3) is 0.269. The van der Waals surface area contributed by atoms with Crippen LogP contribution in [0, 0.1) is 12.8 Å². The van der Waals surface area contributed by atoms with Crippen LogP contribution in [-0.4, -0.2) is 13.0 Å². The van der Waals surface area contributed by atoms with E-state index in [9.17, 15) is 4.79 Å². The predicted molar refractivity (Wildman–Crippen MR) is 133 cm³/mol. The van der Waals surface area contributed by atoms with Crippen molar-refractivity contribution in [3.8, 4) is 11.5 Å². The summed E-state index contributed by atoms with van der Waals surface area (Å²) in [4.78, 5) is 11.9. The van der Waals surface area contributed by atoms with Crippen LogP contribution in [0.1, 0.15) is 30.5 Å². The van der Waals surface area contributed by atoms with Crippen molar-refractivity contribution in [2.75, 3.05) is 17.7 Å². The van der Waals surface area contributed by atoms with Gasteiger partial charge in [-0.3, -0.25) is 4.79 Å². The Kier molecular flexibility index (Phi) is 8.17. The summed E-state index contributed by atoms with van der Waals surface area (Å²) in [6.45, 7) is 6.80. The highest BCUT2D eigenvalue weighted by Gasteiger charge is 2.15. The first-order chi connectivity index (χ1) is 15.4. The van der Waals surface area contributed by atoms with Gasteiger partial charge in [0, 0.05) is 33.9 Å². The fourth-order valence-corrected chi connectivity index (χ4v) is 3.62. The molecule has 0 radical (unpaired) electrons. The lowest BCUT2D eigenvalue weighted by Crippen LogP contribution is -2.17. The molecule has 2 N–H and O–H groups in total. The zero-order valence-corrected chi connectivity index (χ0v) is 20.5. The SMILES string of the molecule is COc1ccc(Br)c(CNc2ccc(NC(=O)C(C)C)cc2)c1OCc1cccc(C)c1. The van der Waals surface area contributed by atoms with Crippen molar-refractivity contribution in [3.63, 3.8) is 0 Å². The fourth-order valence-electron chi connectivity index (χ4n) is 3.17. The van der Waals surface area contributed by atoms with Crippen LogP contribution >= 0.6 is 15.9 Å². The maximum absolute atomic E-state index is 11.9. The second-order valence-electron chi connectivity index (χ2n) is 7.91. The van der Waals surface area contributed by atoms with E-state index in [4.69, 9.17) is 9.47 Å². The second-order valence-corrected chi connectivity index (χ2v) is 8.76. The molecule has 0 atom stereocenters. The molecule has 0 aliphatic carbocycles. The Morgan fingerprint density at radius 3 is 2.41 bits per heavy atom. The van der Waals surface area contributed by atoms with Crippen LogP contribution in [0.15, 0.2) is 65.1 Å². The van der Waals surface area contributed by atoms with E-state index in [2.05, 4.69) is 51.7 Å². The second kappa shape index (κ2) is 11.0. The van der Waals surface area contributed by atoms with E-state index in [1.54, 1.807) is 7.11 Å². The number of anilines is 2. The maximum atomic E-state index is 11.9. The standard InChI is InChI=1S/C26H29BrN2O3/c1-17(2)26(30)29-21-10-8-20(9-11-21)28-15-22-23(27)12-13-24(31-4)25(22)32-16-19-7-5-6-18(3)14-19/h5-14,17,28H,15-16H2,1-4H3,(H,29,30). The summed E-state index contributed by atoms with van der Waals surface area (Å²) in [6, 6.07) is 19.8. The molecule has 0 saturated carbocycles. The van der Waals surface area contributed by atoms with Crippen LogP contribution in [-0.2, 0) is 17.9 Å². The number of carbonyl (C=O) groups excluding carboxylic acids is 1. The van der Waals surface area contributed by atoms with Crippen LogP contribution in [0.2, 0.25) is 0 Å². The first kappa shape index (κ1) is 23.7. The highest BCUT2D eigenvalue weighted by molar-refractivity contribution is 9.10. The van der Waals surface area contributed by atoms with Crippen molar-refractivity contribution in [1.82, 2.24) is 0 Å². The summed E-state index contributed by atoms with van der Waals surface area (Å²) in [5.41, 5.74) is 4.98. The quantitative estimate of drug-likeness (QED) is 0.352. The monoisotopic (exact) mass is 496 g/mol. The molecule has 3 rings (SSSR count). The molecule has 6 heteroatoms. The van der Waals surface area contributed by atoms with Gasteiger partial charge in [-0.25, -0.2) is 0 Å². The number of carbonyl (C=O) groups is 1. The zero-order chi connectivity index (χ0) is 23.1. The summed E-state index contributed by atoms with van der Waals surface area (Å²) >= 11 is 3.65. The van der Waals surface area contributed by atoms with Crippen molar-refractivity contribution < 1.29 is 14.3 Å². The van der Waals surface area contributed by atoms with Crippen molar-refractivity contribution in [2.45, 2.75) is 33.9 Å². The largest absolute Gasteiger partial charge is 0.493 e. The minimum atomic E-state index is -0.0589. The van der Waals surface area contributed by atoms with Gasteiger partial charge in [0.25, 0.3) is 0 Å². The molecular weight excluding hydrogens is 468 g/mol. The molecule has 0 aliphatic heterocycles. The molecule has 0 heterocycles. The summed E-state index contributed by atoms with van der Waals surface area (Å²) in [5, 5.41) is 6.33. The predicted octanol–water partition coefficient (Wildman–Crippen LogP) is 6.55. The Morgan fingerprint density at radius 1 is 1.03 bits per heavy atom. The number of aryl methyl sites for hydroxylation is 1. The molecule has 3 aromatic rings. The number of benzene rings is 3. The number of nitrogens with one attached hydrogen (secondary N) is 2. The molecule has 1 amide bonds. The number of methoxy groups -OCH3 is 1. The molecule has 5 nitrogen and oxygen atoms in total. The van der Waals surface area contributed by atoms with Gasteiger partial charge >= 0.3 is 0 Å². The van der Waals surface area contributed by atoms with Gasteiger partial charge in [-0.1, -0.05) is 59.6 Å². The van der Waals surface area contributed by atoms with Gasteiger partial charge in [0.2, 0.25) is 5.91 Å². The van der Waals surface area contributed by atoms with Crippen LogP contribution in [0.25, 0.3) is 0 Å². The number of rotatable bonds is 9. The van der Waals surface area contributed by atoms with Gasteiger partial charge in [-0.05, 0) is 48.9 Å². The molecule has 0 saturated heterocycles. The van der Waals surface area contributed by atoms with E-state index < -0.39 is 0 Å². The summed E-state index contributed by atoms with van der Waals surface area (Å²) in [6.07, 6.45) is 0. The normalized spacial score (nSPS) is 10.7. The summed E-state index contributed by atoms with van der Waals surface area (Å²) in [7, 11) is 1.64. The van der Waals surface area contributed by atoms with E-state index in [1.165, 1.54) is 5.56 Å². The molecule has 0 unspecified atom stereocenters. The number of hydrogen-bond acceptors (Lipinski definition) is 4. The van der Waals surface area contributed by atoms with Gasteiger partial charge in [0.05, 0.1) is 7.11 Å². The van der Waals surface area contributed by atoms with Crippen LogP contribution in [0.5, 0.6) is 11.5 Å². The third-order valence-electron chi connectivity index (χ3n) is 5.00. The number of amides is 1. The summed E-state index contributed by atoms with van der Waals surface area (Å²) < 4.78 is 12.7. The average Bonchev–Trinajstić information content (AvgIpc) is 2.78. The molecule has 3 aromatic carbocycles. The third-order valence-corrected chi connectivity index (χ3v) is 5.74. The topological polar surface area (TPSA) is 59.6 Å². The molecule has 32 heavy (non-hydrogen) atoms. The Balaban J connectivity index is 1.73. The van der Waals surface area contributed by atoms with Gasteiger partial charge < -0.3 is 20.1 Å². The van der Waals surface area contributed by atoms with Gasteiger partial charge in [0.1, 0.15) is 6.61 Å². The summed E-state index contributed by atoms with van der Waals surface area (Å²) in [5.74, 6) is 1.33. The van der Waals surface area contributed by atoms with Crippen molar-refractivity contribution in [3.05, 3.63) is 81.8 Å². The van der Waals surface area contributed by atoms with Crippen LogP contribution in [0.4, 0.5) is 11.4 Å². The van der Waals surface area contributed by atoms with Crippen molar-refractivity contribution >= 4 is 33.2 Å². The zero-order valence-electron chi connectivity index (χ0n) is 18.9. The lowest BCUT2D eigenvalue weighted by molar-refractivity contribution is -0.118. The highest BCUT2D eigenvalue weighted by Crippen LogP contribution is 2.37. The molecule has 168 valence electrons. The average molecular weight is 497 g/mol. The maximum Gasteiger partial charge on any atom is 0.226 e. The highest BCUT2D eigenvalue weighted by atomic mass is 79.9. The molecular formula is C26H29BrN2O3. The Bertz CT molecular complexity index is 1070. The van der Waals surface area contributed by atoms with E-state index >= 15 is 0 Å². The Morgan fingerprint density at radius 2 is 1.75 bits per heavy atom. The smallest absolute Gasteiger partial charge is 0.226 e. The minimum Gasteiger partial charge on any atom is -0.493 e. The molecule has 0 bridgehead atoms. The van der Waals surface area contributed by atoms with Gasteiger partial charge in [0.15, 0.2) is 11.5 Å². The Hall–Kier alpha value is -2.99. The van der Waals surface area contributed by atoms with E-state index in [1.807, 2.05) is 56.3 Å². The number of ether oxygens (including phenoxy) is 2. The van der Waals surface area contributed by atoms with E-state index in [0.717, 1.165) is 27.0 Å². The molecule has 0 spiro atoms. The van der Waals surface area contributed by atoms with Crippen LogP contribution < -0.4 is 20.1 Å². The van der Waals surface area contributed by atoms with E-state index in [-0.39, 0.29) is 11.8 Å². The molecule has 0 fully saturated rings. The first-order valence-corrected chi connectivity index (χ1v) is 11.3. The number of halogens is 1. The third kappa shape index (κ3) is 6.26. The minimum absolute atomic E-state index is 0.00132. The number of hydrogen-bond donors (Lipinski definition) is 2. The van der Waals surface area contributed by atoms with Crippen molar-refractivity contribution in [1.29, 1.82) is 0 Å². The molecule has 0 aliphatic rings. The lowest BCUT2D eigenvalue weighted by Gasteiger charge is -2.18. The van der Waals surface area contributed by atoms with Crippen LogP contribution in [0.3, 0.4) is 0 Å².